The van der Waals surface area contributed by atoms with Crippen LogP contribution in [0.25, 0.3) is 0 Å². The second-order valence-corrected chi connectivity index (χ2v) is 14.2. The van der Waals surface area contributed by atoms with Crippen LogP contribution in [0.2, 0.25) is 6.04 Å². The lowest BCUT2D eigenvalue weighted by atomic mass is 10.0. The Morgan fingerprint density at radius 2 is 0.846 bits per heavy atom. The predicted octanol–water partition coefficient (Wildman–Crippen LogP) is 5.31. The van der Waals surface area contributed by atoms with Crippen LogP contribution in [0.4, 0.5) is 0 Å². The topological polar surface area (TPSA) is 27.7 Å². The van der Waals surface area contributed by atoms with Gasteiger partial charge in [0.05, 0.1) is 0 Å². The molecule has 0 atom stereocenters. The van der Waals surface area contributed by atoms with E-state index in [1.165, 1.54) is 122 Å². The van der Waals surface area contributed by atoms with Gasteiger partial charge in [-0.2, -0.15) is 0 Å². The summed E-state index contributed by atoms with van der Waals surface area (Å²) in [4.78, 5) is 0. The molecule has 0 aromatic heterocycles. The first-order chi connectivity index (χ1) is 12.9. The Hall–Kier alpha value is 0.531. The van der Waals surface area contributed by atoms with Crippen molar-refractivity contribution in [2.45, 2.75) is 129 Å². The van der Waals surface area contributed by atoms with Crippen LogP contribution in [0.5, 0.6) is 0 Å². The van der Waals surface area contributed by atoms with Gasteiger partial charge in [0.15, 0.2) is 0 Å². The quantitative estimate of drug-likeness (QED) is 0.210. The van der Waals surface area contributed by atoms with E-state index in [9.17, 15) is 0 Å². The molecule has 0 aromatic carbocycles. The van der Waals surface area contributed by atoms with E-state index in [-0.39, 0.29) is 0 Å². The average molecular weight is 419 g/mol. The van der Waals surface area contributed by atoms with Crippen molar-refractivity contribution in [1.29, 1.82) is 0 Å². The third-order valence-corrected chi connectivity index (χ3v) is 11.7. The normalized spacial score (nSPS) is 19.5. The van der Waals surface area contributed by atoms with Crippen LogP contribution in [-0.2, 0) is 12.3 Å². The highest BCUT2D eigenvalue weighted by Crippen LogP contribution is 2.15. The molecule has 0 spiro atoms. The van der Waals surface area contributed by atoms with E-state index in [2.05, 4.69) is 6.92 Å². The van der Waals surface area contributed by atoms with E-state index in [1.807, 2.05) is 0 Å². The molecule has 6 heteroatoms. The standard InChI is InChI=1S/C20H46O3Si3/c1-2-3-4-5-6-7-8-9-10-11-12-13-14-15-16-17-18-19-20-26-22-24-21-25-23-26/h26H,2-20,24-25H2,1H3. The molecule has 0 saturated carbocycles. The van der Waals surface area contributed by atoms with Crippen LogP contribution in [0, 0.1) is 0 Å². The lowest BCUT2D eigenvalue weighted by Gasteiger charge is -2.21. The minimum Gasteiger partial charge on any atom is -0.425 e. The van der Waals surface area contributed by atoms with Crippen LogP contribution in [0.15, 0.2) is 0 Å². The van der Waals surface area contributed by atoms with Gasteiger partial charge in [0, 0.05) is 0 Å². The molecule has 1 aliphatic rings. The Labute approximate surface area is 170 Å². The molecule has 0 aliphatic carbocycles. The first-order valence-electron chi connectivity index (χ1n) is 11.7. The largest absolute Gasteiger partial charge is 0.425 e. The van der Waals surface area contributed by atoms with Gasteiger partial charge in [0.2, 0.25) is 0 Å². The van der Waals surface area contributed by atoms with Crippen LogP contribution in [0.1, 0.15) is 122 Å². The summed E-state index contributed by atoms with van der Waals surface area (Å²) >= 11 is 0. The predicted molar refractivity (Wildman–Crippen MR) is 121 cm³/mol. The SMILES string of the molecule is CCCCCCCCCCCCCCCCCCCC[SiH]1O[SiH2]O[SiH2]O1. The number of hydrogen-bond acceptors (Lipinski definition) is 3. The highest BCUT2D eigenvalue weighted by molar-refractivity contribution is 6.61. The van der Waals surface area contributed by atoms with E-state index in [4.69, 9.17) is 12.3 Å². The summed E-state index contributed by atoms with van der Waals surface area (Å²) in [6, 6.07) is 1.22. The molecule has 1 rings (SSSR count). The van der Waals surface area contributed by atoms with Gasteiger partial charge in [-0.05, 0) is 6.04 Å². The van der Waals surface area contributed by atoms with Gasteiger partial charge in [-0.3, -0.25) is 0 Å². The molecule has 156 valence electrons. The summed E-state index contributed by atoms with van der Waals surface area (Å²) in [5.41, 5.74) is 0. The molecule has 26 heavy (non-hydrogen) atoms. The van der Waals surface area contributed by atoms with Crippen LogP contribution < -0.4 is 0 Å². The maximum Gasteiger partial charge on any atom is 0.303 e. The maximum atomic E-state index is 5.68. The molecule has 0 bridgehead atoms. The van der Waals surface area contributed by atoms with E-state index < -0.39 is 29.3 Å². The van der Waals surface area contributed by atoms with Crippen molar-refractivity contribution in [1.82, 2.24) is 0 Å². The zero-order chi connectivity index (χ0) is 18.5. The number of rotatable bonds is 19. The summed E-state index contributed by atoms with van der Waals surface area (Å²) < 4.78 is 16.7. The molecule has 1 fully saturated rings. The molecule has 1 aliphatic heterocycles. The molecule has 1 heterocycles. The highest BCUT2D eigenvalue weighted by Gasteiger charge is 2.16. The third kappa shape index (κ3) is 16.7. The van der Waals surface area contributed by atoms with Gasteiger partial charge in [-0.1, -0.05) is 122 Å². The zero-order valence-electron chi connectivity index (χ0n) is 17.7. The van der Waals surface area contributed by atoms with E-state index >= 15 is 0 Å². The summed E-state index contributed by atoms with van der Waals surface area (Å²) in [7, 11) is -2.44. The van der Waals surface area contributed by atoms with E-state index in [0.717, 1.165) is 0 Å². The molecule has 1 saturated heterocycles. The van der Waals surface area contributed by atoms with Crippen molar-refractivity contribution >= 4 is 29.3 Å². The molecular weight excluding hydrogens is 372 g/mol. The Balaban J connectivity index is 1.65. The van der Waals surface area contributed by atoms with Crippen molar-refractivity contribution in [3.63, 3.8) is 0 Å². The maximum absolute atomic E-state index is 5.68. The van der Waals surface area contributed by atoms with Crippen molar-refractivity contribution in [2.24, 2.45) is 0 Å². The molecule has 0 unspecified atom stereocenters. The molecule has 0 N–H and O–H groups in total. The Morgan fingerprint density at radius 1 is 0.500 bits per heavy atom. The highest BCUT2D eigenvalue weighted by atomic mass is 28.4. The Morgan fingerprint density at radius 3 is 1.23 bits per heavy atom. The first-order valence-corrected chi connectivity index (χ1v) is 15.8. The third-order valence-electron chi connectivity index (χ3n) is 5.47. The monoisotopic (exact) mass is 418 g/mol. The fourth-order valence-electron chi connectivity index (χ4n) is 3.71. The minimum absolute atomic E-state index is 0.610. The molecule has 0 aromatic rings. The first kappa shape index (κ1) is 24.6. The molecule has 0 amide bonds. The van der Waals surface area contributed by atoms with Crippen LogP contribution >= 0.6 is 0 Å². The second-order valence-electron chi connectivity index (χ2n) is 8.00. The summed E-state index contributed by atoms with van der Waals surface area (Å²) in [6.07, 6.45) is 25.9. The van der Waals surface area contributed by atoms with Gasteiger partial charge in [0.1, 0.15) is 0 Å². The van der Waals surface area contributed by atoms with Crippen molar-refractivity contribution < 1.29 is 12.3 Å². The fourth-order valence-corrected chi connectivity index (χ4v) is 10.9. The second kappa shape index (κ2) is 20.3. The Kier molecular flexibility index (Phi) is 19.2. The summed E-state index contributed by atoms with van der Waals surface area (Å²) in [6.45, 7) is 2.30. The fraction of sp³-hybridized carbons (Fsp3) is 1.00. The Bertz CT molecular complexity index is 277. The van der Waals surface area contributed by atoms with Gasteiger partial charge in [-0.15, -0.1) is 0 Å². The van der Waals surface area contributed by atoms with Crippen molar-refractivity contribution in [3.05, 3.63) is 0 Å². The summed E-state index contributed by atoms with van der Waals surface area (Å²) in [5, 5.41) is 0. The van der Waals surface area contributed by atoms with E-state index in [0.29, 0.717) is 0 Å². The number of unbranched alkanes of at least 4 members (excludes halogenated alkanes) is 17. The van der Waals surface area contributed by atoms with Gasteiger partial charge >= 0.3 is 9.28 Å². The average Bonchev–Trinajstić information content (AvgIpc) is 2.68. The lowest BCUT2D eigenvalue weighted by Crippen LogP contribution is -2.34. The number of hydrogen-bond donors (Lipinski definition) is 0. The van der Waals surface area contributed by atoms with Crippen molar-refractivity contribution in [2.75, 3.05) is 0 Å². The van der Waals surface area contributed by atoms with Gasteiger partial charge < -0.3 is 12.3 Å². The van der Waals surface area contributed by atoms with Gasteiger partial charge in [-0.25, -0.2) is 0 Å². The smallest absolute Gasteiger partial charge is 0.303 e. The molecular formula is C20H46O3Si3. The van der Waals surface area contributed by atoms with Gasteiger partial charge in [0.25, 0.3) is 20.0 Å². The molecule has 0 radical (unpaired) electrons. The van der Waals surface area contributed by atoms with E-state index in [1.54, 1.807) is 0 Å². The molecule has 3 nitrogen and oxygen atoms in total. The van der Waals surface area contributed by atoms with Crippen molar-refractivity contribution in [3.8, 4) is 0 Å². The van der Waals surface area contributed by atoms with Crippen LogP contribution in [0.3, 0.4) is 0 Å². The lowest BCUT2D eigenvalue weighted by molar-refractivity contribution is 0.320. The minimum atomic E-state index is -1.22. The van der Waals surface area contributed by atoms with Crippen LogP contribution in [-0.4, -0.2) is 29.3 Å². The zero-order valence-corrected chi connectivity index (χ0v) is 21.6. The summed E-state index contributed by atoms with van der Waals surface area (Å²) in [5.74, 6) is 0.